The molecule has 1 saturated heterocycles. The van der Waals surface area contributed by atoms with Gasteiger partial charge in [-0.3, -0.25) is 9.80 Å². The molecule has 5 nitrogen and oxygen atoms in total. The highest BCUT2D eigenvalue weighted by atomic mass is 16.5. The summed E-state index contributed by atoms with van der Waals surface area (Å²) in [6, 6.07) is -0.491. The van der Waals surface area contributed by atoms with Gasteiger partial charge in [-0.15, -0.1) is 0 Å². The molecular formula is C5H11N3O2. The maximum absolute atomic E-state index is 10.9. The second kappa shape index (κ2) is 2.53. The van der Waals surface area contributed by atoms with E-state index in [4.69, 9.17) is 16.3 Å². The monoisotopic (exact) mass is 145 g/mol. The lowest BCUT2D eigenvalue weighted by atomic mass is 10.3. The van der Waals surface area contributed by atoms with Gasteiger partial charge in [-0.05, 0) is 0 Å². The number of hydrazine groups is 1. The molecule has 0 spiro atoms. The van der Waals surface area contributed by atoms with Crippen molar-refractivity contribution in [3.05, 3.63) is 0 Å². The van der Waals surface area contributed by atoms with Crippen molar-refractivity contribution in [2.45, 2.75) is 18.7 Å². The summed E-state index contributed by atoms with van der Waals surface area (Å²) in [5.74, 6) is 5.04. The molecule has 5 heteroatoms. The number of hydrogen-bond donors (Lipinski definition) is 2. The molecule has 0 aromatic heterocycles. The zero-order valence-electron chi connectivity index (χ0n) is 5.78. The predicted octanol–water partition coefficient (Wildman–Crippen LogP) is -1.61. The normalized spacial score (nSPS) is 33.5. The quantitative estimate of drug-likeness (QED) is 0.343. The average Bonchev–Trinajstić information content (AvgIpc) is 2.17. The molecule has 0 saturated carbocycles. The van der Waals surface area contributed by atoms with Crippen molar-refractivity contribution in [2.75, 3.05) is 7.11 Å². The van der Waals surface area contributed by atoms with Crippen LogP contribution in [0.4, 0.5) is 0 Å². The maximum Gasteiger partial charge on any atom is 0.255 e. The first kappa shape index (κ1) is 7.46. The van der Waals surface area contributed by atoms with Gasteiger partial charge in [0.15, 0.2) is 0 Å². The van der Waals surface area contributed by atoms with Crippen LogP contribution in [-0.2, 0) is 9.53 Å². The molecule has 58 valence electrons. The van der Waals surface area contributed by atoms with E-state index in [0.29, 0.717) is 6.42 Å². The van der Waals surface area contributed by atoms with Gasteiger partial charge in [0.1, 0.15) is 6.23 Å². The molecule has 10 heavy (non-hydrogen) atoms. The van der Waals surface area contributed by atoms with Crippen LogP contribution in [0, 0.1) is 0 Å². The van der Waals surface area contributed by atoms with E-state index in [0.717, 1.165) is 5.01 Å². The van der Waals surface area contributed by atoms with Gasteiger partial charge in [0.2, 0.25) is 0 Å². The number of nitrogens with zero attached hydrogens (tertiary/aromatic N) is 1. The van der Waals surface area contributed by atoms with Gasteiger partial charge in [-0.25, -0.2) is 5.84 Å². The van der Waals surface area contributed by atoms with Crippen LogP contribution in [0.25, 0.3) is 0 Å². The van der Waals surface area contributed by atoms with Crippen molar-refractivity contribution >= 4 is 5.91 Å². The minimum Gasteiger partial charge on any atom is -0.360 e. The number of carbonyl (C=O) groups is 1. The summed E-state index contributed by atoms with van der Waals surface area (Å²) in [5, 5.41) is 1.03. The lowest BCUT2D eigenvalue weighted by Gasteiger charge is -2.15. The van der Waals surface area contributed by atoms with Crippen molar-refractivity contribution in [2.24, 2.45) is 11.6 Å². The third kappa shape index (κ3) is 0.985. The second-order valence-corrected chi connectivity index (χ2v) is 2.28. The summed E-state index contributed by atoms with van der Waals surface area (Å²) in [6.07, 6.45) is 0.133. The van der Waals surface area contributed by atoms with Crippen LogP contribution in [-0.4, -0.2) is 30.3 Å². The highest BCUT2D eigenvalue weighted by molar-refractivity contribution is 5.83. The van der Waals surface area contributed by atoms with Gasteiger partial charge in [0.05, 0.1) is 6.04 Å². The van der Waals surface area contributed by atoms with E-state index in [2.05, 4.69) is 0 Å². The highest BCUT2D eigenvalue weighted by Crippen LogP contribution is 2.13. The van der Waals surface area contributed by atoms with Crippen molar-refractivity contribution in [3.8, 4) is 0 Å². The first-order valence-corrected chi connectivity index (χ1v) is 3.03. The first-order chi connectivity index (χ1) is 4.66. The second-order valence-electron chi connectivity index (χ2n) is 2.28. The van der Waals surface area contributed by atoms with E-state index >= 15 is 0 Å². The van der Waals surface area contributed by atoms with Crippen LogP contribution < -0.4 is 11.6 Å². The Kier molecular flexibility index (Phi) is 1.89. The minimum atomic E-state index is -0.491. The van der Waals surface area contributed by atoms with Crippen LogP contribution in [0.15, 0.2) is 0 Å². The lowest BCUT2D eigenvalue weighted by molar-refractivity contribution is -0.135. The van der Waals surface area contributed by atoms with Crippen LogP contribution in [0.3, 0.4) is 0 Å². The van der Waals surface area contributed by atoms with E-state index in [-0.39, 0.29) is 12.1 Å². The van der Waals surface area contributed by atoms with Crippen LogP contribution in [0.1, 0.15) is 6.42 Å². The van der Waals surface area contributed by atoms with Crippen molar-refractivity contribution < 1.29 is 9.53 Å². The average molecular weight is 145 g/mol. The minimum absolute atomic E-state index is 0.258. The Balaban J connectivity index is 2.61. The first-order valence-electron chi connectivity index (χ1n) is 3.03. The molecule has 1 amide bonds. The fourth-order valence-electron chi connectivity index (χ4n) is 0.975. The van der Waals surface area contributed by atoms with Crippen LogP contribution in [0.2, 0.25) is 0 Å². The summed E-state index contributed by atoms with van der Waals surface area (Å²) in [4.78, 5) is 10.9. The number of amides is 1. The molecule has 0 aromatic carbocycles. The predicted molar refractivity (Wildman–Crippen MR) is 34.4 cm³/mol. The standard InChI is InChI=1S/C5H11N3O2/c1-10-4-2-3(6)5(9)8(4)7/h3-4H,2,6-7H2,1H3. The Hall–Kier alpha value is -0.650. The molecule has 1 aliphatic heterocycles. The fraction of sp³-hybridized carbons (Fsp3) is 0.800. The zero-order valence-corrected chi connectivity index (χ0v) is 5.78. The van der Waals surface area contributed by atoms with E-state index < -0.39 is 6.04 Å². The molecule has 2 unspecified atom stereocenters. The summed E-state index contributed by atoms with van der Waals surface area (Å²) >= 11 is 0. The molecule has 2 atom stereocenters. The van der Waals surface area contributed by atoms with Crippen molar-refractivity contribution in [3.63, 3.8) is 0 Å². The molecular weight excluding hydrogens is 134 g/mol. The number of rotatable bonds is 1. The Bertz CT molecular complexity index is 150. The van der Waals surface area contributed by atoms with Crippen molar-refractivity contribution in [1.29, 1.82) is 0 Å². The van der Waals surface area contributed by atoms with Crippen LogP contribution >= 0.6 is 0 Å². The van der Waals surface area contributed by atoms with Gasteiger partial charge >= 0.3 is 0 Å². The van der Waals surface area contributed by atoms with Crippen LogP contribution in [0.5, 0.6) is 0 Å². The number of methoxy groups -OCH3 is 1. The molecule has 0 bridgehead atoms. The summed E-state index contributed by atoms with van der Waals surface area (Å²) in [5.41, 5.74) is 5.38. The summed E-state index contributed by atoms with van der Waals surface area (Å²) in [6.45, 7) is 0. The van der Waals surface area contributed by atoms with E-state index in [9.17, 15) is 4.79 Å². The smallest absolute Gasteiger partial charge is 0.255 e. The topological polar surface area (TPSA) is 81.6 Å². The molecule has 0 aromatic rings. The summed E-state index contributed by atoms with van der Waals surface area (Å²) < 4.78 is 4.86. The molecule has 1 rings (SSSR count). The maximum atomic E-state index is 10.9. The van der Waals surface area contributed by atoms with Gasteiger partial charge in [0, 0.05) is 13.5 Å². The molecule has 1 heterocycles. The van der Waals surface area contributed by atoms with Gasteiger partial charge in [-0.2, -0.15) is 0 Å². The Morgan fingerprint density at radius 1 is 1.80 bits per heavy atom. The Morgan fingerprint density at radius 3 is 2.60 bits per heavy atom. The molecule has 4 N–H and O–H groups in total. The van der Waals surface area contributed by atoms with E-state index in [1.807, 2.05) is 0 Å². The highest BCUT2D eigenvalue weighted by Gasteiger charge is 2.35. The van der Waals surface area contributed by atoms with Crippen molar-refractivity contribution in [1.82, 2.24) is 5.01 Å². The Morgan fingerprint density at radius 2 is 2.40 bits per heavy atom. The number of carbonyl (C=O) groups excluding carboxylic acids is 1. The third-order valence-corrected chi connectivity index (χ3v) is 1.61. The largest absolute Gasteiger partial charge is 0.360 e. The fourth-order valence-corrected chi connectivity index (χ4v) is 0.975. The number of ether oxygens (including phenoxy) is 1. The summed E-state index contributed by atoms with van der Waals surface area (Å²) in [7, 11) is 1.50. The molecule has 1 aliphatic rings. The van der Waals surface area contributed by atoms with Gasteiger partial charge in [0.25, 0.3) is 5.91 Å². The number of nitrogens with two attached hydrogens (primary N) is 2. The van der Waals surface area contributed by atoms with Gasteiger partial charge < -0.3 is 10.5 Å². The van der Waals surface area contributed by atoms with Gasteiger partial charge in [-0.1, -0.05) is 0 Å². The van der Waals surface area contributed by atoms with E-state index in [1.54, 1.807) is 0 Å². The number of hydrogen-bond acceptors (Lipinski definition) is 4. The zero-order chi connectivity index (χ0) is 7.72. The molecule has 1 fully saturated rings. The lowest BCUT2D eigenvalue weighted by Crippen LogP contribution is -2.42. The third-order valence-electron chi connectivity index (χ3n) is 1.61. The van der Waals surface area contributed by atoms with E-state index in [1.165, 1.54) is 7.11 Å². The molecule has 0 aliphatic carbocycles. The molecule has 0 radical (unpaired) electrons. The Labute approximate surface area is 58.9 Å². The SMILES string of the molecule is COC1CC(N)C(=O)N1N.